The largest absolute Gasteiger partial charge is 0.379 e. The van der Waals surface area contributed by atoms with Crippen LogP contribution in [0.2, 0.25) is 0 Å². The molecule has 3 N–H and O–H groups in total. The number of anilines is 2. The lowest BCUT2D eigenvalue weighted by Crippen LogP contribution is -2.45. The summed E-state index contributed by atoms with van der Waals surface area (Å²) < 4.78 is 6.57. The quantitative estimate of drug-likeness (QED) is 0.314. The van der Waals surface area contributed by atoms with Crippen molar-refractivity contribution in [2.45, 2.75) is 6.54 Å². The number of aromatic nitrogens is 2. The third kappa shape index (κ3) is 4.36. The van der Waals surface area contributed by atoms with Crippen LogP contribution >= 0.6 is 11.3 Å². The van der Waals surface area contributed by atoms with E-state index in [1.165, 1.54) is 26.1 Å². The van der Waals surface area contributed by atoms with Gasteiger partial charge in [0.05, 0.1) is 29.1 Å². The van der Waals surface area contributed by atoms with Crippen molar-refractivity contribution in [2.75, 3.05) is 31.6 Å². The second-order valence-corrected chi connectivity index (χ2v) is 9.27. The Bertz CT molecular complexity index is 1390. The van der Waals surface area contributed by atoms with E-state index in [0.717, 1.165) is 55.3 Å². The molecular formula is C26H25N5OS. The van der Waals surface area contributed by atoms with E-state index in [1.807, 2.05) is 18.5 Å². The third-order valence-corrected chi connectivity index (χ3v) is 7.21. The van der Waals surface area contributed by atoms with E-state index in [0.29, 0.717) is 0 Å². The highest BCUT2D eigenvalue weighted by Gasteiger charge is 2.11. The number of H-pyrrole nitrogens is 1. The van der Waals surface area contributed by atoms with Crippen molar-refractivity contribution in [1.29, 1.82) is 0 Å². The van der Waals surface area contributed by atoms with Gasteiger partial charge in [0.2, 0.25) is 0 Å². The number of hydrazine groups is 1. The van der Waals surface area contributed by atoms with E-state index in [1.54, 1.807) is 11.3 Å². The van der Waals surface area contributed by atoms with Gasteiger partial charge in [-0.1, -0.05) is 24.3 Å². The first-order valence-electron chi connectivity index (χ1n) is 11.2. The third-order valence-electron chi connectivity index (χ3n) is 6.00. The molecule has 1 aliphatic heterocycles. The fraction of sp³-hybridized carbons (Fsp3) is 0.192. The second kappa shape index (κ2) is 8.96. The molecule has 4 heterocycles. The molecule has 0 atom stereocenters. The summed E-state index contributed by atoms with van der Waals surface area (Å²) in [6.07, 6.45) is 3.84. The average molecular weight is 456 g/mol. The molecule has 0 bridgehead atoms. The Labute approximate surface area is 196 Å². The number of hydrogen-bond acceptors (Lipinski definition) is 6. The molecule has 7 heteroatoms. The standard InChI is InChI=1S/C26H25N5OS/c1-3-19(4-2-18(1)17-29-31-11-13-32-14-12-31)25-16-24-26(33-25)23(8-10-28-24)30-21-5-6-22-20(15-21)7-9-27-22/h1-10,15-16,27,29H,11-14,17H2,(H,28,30). The first kappa shape index (κ1) is 20.4. The Hall–Kier alpha value is -3.23. The summed E-state index contributed by atoms with van der Waals surface area (Å²) in [4.78, 5) is 9.08. The number of pyridine rings is 1. The number of nitrogens with zero attached hydrogens (tertiary/aromatic N) is 2. The van der Waals surface area contributed by atoms with Gasteiger partial charge in [-0.2, -0.15) is 0 Å². The Balaban J connectivity index is 1.21. The Morgan fingerprint density at radius 1 is 1.00 bits per heavy atom. The summed E-state index contributed by atoms with van der Waals surface area (Å²) in [5, 5.41) is 7.01. The van der Waals surface area contributed by atoms with Crippen LogP contribution in [0.15, 0.2) is 73.1 Å². The summed E-state index contributed by atoms with van der Waals surface area (Å²) in [6.45, 7) is 4.28. The van der Waals surface area contributed by atoms with E-state index >= 15 is 0 Å². The van der Waals surface area contributed by atoms with Crippen molar-refractivity contribution in [3.63, 3.8) is 0 Å². The van der Waals surface area contributed by atoms with Crippen molar-refractivity contribution in [3.8, 4) is 10.4 Å². The van der Waals surface area contributed by atoms with Crippen molar-refractivity contribution < 1.29 is 4.74 Å². The Morgan fingerprint density at radius 2 is 1.88 bits per heavy atom. The molecule has 3 aromatic heterocycles. The van der Waals surface area contributed by atoms with Gasteiger partial charge in [-0.05, 0) is 47.5 Å². The zero-order valence-electron chi connectivity index (χ0n) is 18.2. The monoisotopic (exact) mass is 455 g/mol. The van der Waals surface area contributed by atoms with Crippen LogP contribution < -0.4 is 10.7 Å². The highest BCUT2D eigenvalue weighted by Crippen LogP contribution is 2.37. The number of hydrogen-bond donors (Lipinski definition) is 3. The molecule has 5 aromatic rings. The normalized spacial score (nSPS) is 14.8. The average Bonchev–Trinajstić information content (AvgIpc) is 3.51. The molecule has 33 heavy (non-hydrogen) atoms. The van der Waals surface area contributed by atoms with Crippen molar-refractivity contribution >= 4 is 43.8 Å². The SMILES string of the molecule is c1cc(Nc2ccc3[nH]ccc3c2)c2sc(-c3ccc(CNN4CCOCC4)cc3)cc2n1. The van der Waals surface area contributed by atoms with Gasteiger partial charge in [-0.25, -0.2) is 5.01 Å². The van der Waals surface area contributed by atoms with E-state index in [-0.39, 0.29) is 0 Å². The molecule has 0 radical (unpaired) electrons. The van der Waals surface area contributed by atoms with E-state index < -0.39 is 0 Å². The predicted molar refractivity (Wildman–Crippen MR) is 136 cm³/mol. The fourth-order valence-electron chi connectivity index (χ4n) is 4.18. The summed E-state index contributed by atoms with van der Waals surface area (Å²) in [6, 6.07) is 21.5. The Morgan fingerprint density at radius 3 is 2.76 bits per heavy atom. The number of aromatic amines is 1. The van der Waals surface area contributed by atoms with Gasteiger partial charge < -0.3 is 15.0 Å². The van der Waals surface area contributed by atoms with Gasteiger partial charge in [0, 0.05) is 53.5 Å². The number of thiophene rings is 1. The number of benzene rings is 2. The van der Waals surface area contributed by atoms with E-state index in [4.69, 9.17) is 4.74 Å². The highest BCUT2D eigenvalue weighted by molar-refractivity contribution is 7.22. The van der Waals surface area contributed by atoms with Crippen LogP contribution in [0.25, 0.3) is 31.6 Å². The van der Waals surface area contributed by atoms with Crippen LogP contribution in [0.5, 0.6) is 0 Å². The molecule has 0 amide bonds. The maximum atomic E-state index is 5.41. The second-order valence-electron chi connectivity index (χ2n) is 8.22. The number of ether oxygens (including phenoxy) is 1. The minimum Gasteiger partial charge on any atom is -0.379 e. The topological polar surface area (TPSA) is 65.2 Å². The summed E-state index contributed by atoms with van der Waals surface area (Å²) in [5.74, 6) is 0. The molecular weight excluding hydrogens is 430 g/mol. The Kier molecular flexibility index (Phi) is 5.53. The maximum absolute atomic E-state index is 5.41. The molecule has 0 spiro atoms. The zero-order valence-corrected chi connectivity index (χ0v) is 19.0. The summed E-state index contributed by atoms with van der Waals surface area (Å²) >= 11 is 1.77. The number of nitrogens with one attached hydrogen (secondary N) is 3. The predicted octanol–water partition coefficient (Wildman–Crippen LogP) is 5.53. The molecule has 1 saturated heterocycles. The summed E-state index contributed by atoms with van der Waals surface area (Å²) in [7, 11) is 0. The van der Waals surface area contributed by atoms with Gasteiger partial charge in [0.15, 0.2) is 0 Å². The van der Waals surface area contributed by atoms with Crippen LogP contribution in [-0.4, -0.2) is 41.3 Å². The minimum atomic E-state index is 0.795. The van der Waals surface area contributed by atoms with Gasteiger partial charge in [0.1, 0.15) is 0 Å². The maximum Gasteiger partial charge on any atom is 0.0837 e. The van der Waals surface area contributed by atoms with Crippen LogP contribution in [0, 0.1) is 0 Å². The minimum absolute atomic E-state index is 0.795. The zero-order chi connectivity index (χ0) is 22.0. The lowest BCUT2D eigenvalue weighted by molar-refractivity contribution is 0.0106. The highest BCUT2D eigenvalue weighted by atomic mass is 32.1. The molecule has 2 aromatic carbocycles. The molecule has 1 fully saturated rings. The van der Waals surface area contributed by atoms with E-state index in [2.05, 4.69) is 80.3 Å². The van der Waals surface area contributed by atoms with Gasteiger partial charge in [0.25, 0.3) is 0 Å². The number of morpholine rings is 1. The van der Waals surface area contributed by atoms with Gasteiger partial charge in [-0.3, -0.25) is 10.4 Å². The molecule has 0 saturated carbocycles. The first-order chi connectivity index (χ1) is 16.3. The van der Waals surface area contributed by atoms with Crippen LogP contribution in [0.3, 0.4) is 0 Å². The van der Waals surface area contributed by atoms with E-state index in [9.17, 15) is 0 Å². The first-order valence-corrected chi connectivity index (χ1v) is 12.0. The molecule has 0 unspecified atom stereocenters. The van der Waals surface area contributed by atoms with Gasteiger partial charge in [-0.15, -0.1) is 11.3 Å². The van der Waals surface area contributed by atoms with Crippen LogP contribution in [0.4, 0.5) is 11.4 Å². The molecule has 1 aliphatic rings. The lowest BCUT2D eigenvalue weighted by Gasteiger charge is -2.27. The van der Waals surface area contributed by atoms with Crippen LogP contribution in [0.1, 0.15) is 5.56 Å². The molecule has 6 rings (SSSR count). The number of fused-ring (bicyclic) bond motifs is 2. The molecule has 0 aliphatic carbocycles. The van der Waals surface area contributed by atoms with Crippen molar-refractivity contribution in [1.82, 2.24) is 20.4 Å². The van der Waals surface area contributed by atoms with Crippen molar-refractivity contribution in [3.05, 3.63) is 78.6 Å². The van der Waals surface area contributed by atoms with Gasteiger partial charge >= 0.3 is 0 Å². The van der Waals surface area contributed by atoms with Crippen LogP contribution in [-0.2, 0) is 11.3 Å². The molecule has 6 nitrogen and oxygen atoms in total. The molecule has 166 valence electrons. The fourth-order valence-corrected chi connectivity index (χ4v) is 5.27. The lowest BCUT2D eigenvalue weighted by atomic mass is 10.1. The summed E-state index contributed by atoms with van der Waals surface area (Å²) in [5.41, 5.74) is 10.3. The number of rotatable bonds is 6. The smallest absolute Gasteiger partial charge is 0.0837 e. The van der Waals surface area contributed by atoms with Crippen molar-refractivity contribution in [2.24, 2.45) is 0 Å².